The number of nitrogens with zero attached hydrogens (tertiary/aromatic N) is 3. The molecule has 0 spiro atoms. The third kappa shape index (κ3) is 3.32. The standard InChI is InChI=1S/C13H22N4O/c1-3-6-18-9-11-4-5-17(8-11)12-7-10(2)15-13(14)16-12/h7,11H,3-6,8-9H2,1-2H3,(H2,14,15,16). The normalized spacial score (nSPS) is 19.4. The second-order valence-electron chi connectivity index (χ2n) is 4.90. The lowest BCUT2D eigenvalue weighted by Gasteiger charge is -2.18. The molecule has 0 saturated carbocycles. The summed E-state index contributed by atoms with van der Waals surface area (Å²) in [7, 11) is 0. The SMILES string of the molecule is CCCOCC1CCN(c2cc(C)nc(N)n2)C1. The van der Waals surface area contributed by atoms with Crippen molar-refractivity contribution in [2.24, 2.45) is 5.92 Å². The van der Waals surface area contributed by atoms with Crippen LogP contribution >= 0.6 is 0 Å². The summed E-state index contributed by atoms with van der Waals surface area (Å²) in [5, 5.41) is 0. The van der Waals surface area contributed by atoms with Crippen molar-refractivity contribution in [1.82, 2.24) is 9.97 Å². The van der Waals surface area contributed by atoms with Crippen LogP contribution in [0.1, 0.15) is 25.5 Å². The Balaban J connectivity index is 1.91. The van der Waals surface area contributed by atoms with Crippen LogP contribution in [0.3, 0.4) is 0 Å². The first-order valence-electron chi connectivity index (χ1n) is 6.63. The highest BCUT2D eigenvalue weighted by atomic mass is 16.5. The lowest BCUT2D eigenvalue weighted by Crippen LogP contribution is -2.23. The van der Waals surface area contributed by atoms with Crippen LogP contribution in [0, 0.1) is 12.8 Å². The van der Waals surface area contributed by atoms with E-state index >= 15 is 0 Å². The van der Waals surface area contributed by atoms with Gasteiger partial charge in [-0.15, -0.1) is 0 Å². The molecule has 1 aromatic heterocycles. The molecule has 2 heterocycles. The van der Waals surface area contributed by atoms with Gasteiger partial charge in [0.25, 0.3) is 0 Å². The summed E-state index contributed by atoms with van der Waals surface area (Å²) in [6, 6.07) is 1.99. The first-order valence-corrected chi connectivity index (χ1v) is 6.63. The molecule has 1 aliphatic rings. The molecular formula is C13H22N4O. The Morgan fingerprint density at radius 3 is 3.06 bits per heavy atom. The molecule has 1 unspecified atom stereocenters. The maximum Gasteiger partial charge on any atom is 0.222 e. The highest BCUT2D eigenvalue weighted by Gasteiger charge is 2.23. The van der Waals surface area contributed by atoms with Crippen LogP contribution in [-0.4, -0.2) is 36.3 Å². The van der Waals surface area contributed by atoms with Crippen molar-refractivity contribution in [3.05, 3.63) is 11.8 Å². The number of anilines is 2. The van der Waals surface area contributed by atoms with Crippen molar-refractivity contribution in [2.45, 2.75) is 26.7 Å². The van der Waals surface area contributed by atoms with E-state index in [1.165, 1.54) is 0 Å². The van der Waals surface area contributed by atoms with Gasteiger partial charge in [-0.2, -0.15) is 4.98 Å². The third-order valence-corrected chi connectivity index (χ3v) is 3.17. The number of rotatable bonds is 5. The van der Waals surface area contributed by atoms with E-state index in [1.54, 1.807) is 0 Å². The fraction of sp³-hybridized carbons (Fsp3) is 0.692. The van der Waals surface area contributed by atoms with Gasteiger partial charge in [0.15, 0.2) is 0 Å². The molecule has 5 heteroatoms. The maximum absolute atomic E-state index is 5.69. The molecule has 0 aromatic carbocycles. The average Bonchev–Trinajstić information content (AvgIpc) is 2.77. The summed E-state index contributed by atoms with van der Waals surface area (Å²) in [4.78, 5) is 10.7. The Kier molecular flexibility index (Phi) is 4.36. The Morgan fingerprint density at radius 1 is 1.50 bits per heavy atom. The quantitative estimate of drug-likeness (QED) is 0.804. The van der Waals surface area contributed by atoms with Crippen LogP contribution in [0.15, 0.2) is 6.07 Å². The minimum Gasteiger partial charge on any atom is -0.381 e. The summed E-state index contributed by atoms with van der Waals surface area (Å²) in [6.07, 6.45) is 2.24. The minimum absolute atomic E-state index is 0.357. The van der Waals surface area contributed by atoms with E-state index in [-0.39, 0.29) is 0 Å². The van der Waals surface area contributed by atoms with Gasteiger partial charge in [0.05, 0.1) is 6.61 Å². The van der Waals surface area contributed by atoms with Crippen molar-refractivity contribution >= 4 is 11.8 Å². The van der Waals surface area contributed by atoms with Gasteiger partial charge >= 0.3 is 0 Å². The molecule has 0 radical (unpaired) electrons. The molecule has 0 amide bonds. The van der Waals surface area contributed by atoms with Crippen LogP contribution in [-0.2, 0) is 4.74 Å². The van der Waals surface area contributed by atoms with Crippen LogP contribution < -0.4 is 10.6 Å². The summed E-state index contributed by atoms with van der Waals surface area (Å²) < 4.78 is 5.61. The smallest absolute Gasteiger partial charge is 0.222 e. The molecule has 2 N–H and O–H groups in total. The fourth-order valence-corrected chi connectivity index (χ4v) is 2.31. The summed E-state index contributed by atoms with van der Waals surface area (Å²) in [5.41, 5.74) is 6.61. The molecule has 0 bridgehead atoms. The van der Waals surface area contributed by atoms with E-state index in [0.29, 0.717) is 11.9 Å². The number of aromatic nitrogens is 2. The molecule has 1 aliphatic heterocycles. The lowest BCUT2D eigenvalue weighted by atomic mass is 10.1. The number of nitrogen functional groups attached to an aromatic ring is 1. The molecule has 1 saturated heterocycles. The molecule has 0 aliphatic carbocycles. The molecule has 1 atom stereocenters. The molecular weight excluding hydrogens is 228 g/mol. The van der Waals surface area contributed by atoms with Crippen LogP contribution in [0.4, 0.5) is 11.8 Å². The van der Waals surface area contributed by atoms with Crippen LogP contribution in [0.5, 0.6) is 0 Å². The topological polar surface area (TPSA) is 64.3 Å². The monoisotopic (exact) mass is 250 g/mol. The first-order chi connectivity index (χ1) is 8.69. The van der Waals surface area contributed by atoms with Crippen LogP contribution in [0.2, 0.25) is 0 Å². The predicted octanol–water partition coefficient (Wildman–Crippen LogP) is 1.62. The summed E-state index contributed by atoms with van der Waals surface area (Å²) in [6.45, 7) is 7.81. The molecule has 2 rings (SSSR count). The zero-order valence-electron chi connectivity index (χ0n) is 11.2. The summed E-state index contributed by atoms with van der Waals surface area (Å²) in [5.74, 6) is 1.90. The first kappa shape index (κ1) is 13.1. The van der Waals surface area contributed by atoms with E-state index in [9.17, 15) is 0 Å². The van der Waals surface area contributed by atoms with Gasteiger partial charge < -0.3 is 15.4 Å². The van der Waals surface area contributed by atoms with E-state index < -0.39 is 0 Å². The number of ether oxygens (including phenoxy) is 1. The molecule has 100 valence electrons. The predicted molar refractivity (Wildman–Crippen MR) is 72.6 cm³/mol. The van der Waals surface area contributed by atoms with Gasteiger partial charge in [0.1, 0.15) is 5.82 Å². The van der Waals surface area contributed by atoms with Gasteiger partial charge in [0, 0.05) is 37.4 Å². The van der Waals surface area contributed by atoms with Gasteiger partial charge in [-0.05, 0) is 19.8 Å². The zero-order valence-corrected chi connectivity index (χ0v) is 11.2. The van der Waals surface area contributed by atoms with E-state index in [1.807, 2.05) is 13.0 Å². The van der Waals surface area contributed by atoms with Gasteiger partial charge in [0.2, 0.25) is 5.95 Å². The lowest BCUT2D eigenvalue weighted by molar-refractivity contribution is 0.106. The van der Waals surface area contributed by atoms with Crippen molar-refractivity contribution in [1.29, 1.82) is 0 Å². The van der Waals surface area contributed by atoms with Crippen molar-refractivity contribution in [3.8, 4) is 0 Å². The van der Waals surface area contributed by atoms with E-state index in [2.05, 4.69) is 21.8 Å². The minimum atomic E-state index is 0.357. The number of hydrogen-bond donors (Lipinski definition) is 1. The Labute approximate surface area is 108 Å². The Bertz CT molecular complexity index is 376. The van der Waals surface area contributed by atoms with Gasteiger partial charge in [-0.25, -0.2) is 4.98 Å². The second-order valence-corrected chi connectivity index (χ2v) is 4.90. The Morgan fingerprint density at radius 2 is 2.33 bits per heavy atom. The summed E-state index contributed by atoms with van der Waals surface area (Å²) >= 11 is 0. The van der Waals surface area contributed by atoms with Gasteiger partial charge in [-0.3, -0.25) is 0 Å². The maximum atomic E-state index is 5.69. The van der Waals surface area contributed by atoms with E-state index in [0.717, 1.165) is 50.7 Å². The van der Waals surface area contributed by atoms with Crippen molar-refractivity contribution in [2.75, 3.05) is 36.9 Å². The molecule has 18 heavy (non-hydrogen) atoms. The largest absolute Gasteiger partial charge is 0.381 e. The second kappa shape index (κ2) is 6.00. The molecule has 5 nitrogen and oxygen atoms in total. The fourth-order valence-electron chi connectivity index (χ4n) is 2.31. The number of nitrogens with two attached hydrogens (primary N) is 1. The number of aryl methyl sites for hydroxylation is 1. The third-order valence-electron chi connectivity index (χ3n) is 3.17. The van der Waals surface area contributed by atoms with Crippen molar-refractivity contribution < 1.29 is 4.74 Å². The Hall–Kier alpha value is -1.36. The molecule has 1 aromatic rings. The highest BCUT2D eigenvalue weighted by molar-refractivity contribution is 5.44. The average molecular weight is 250 g/mol. The van der Waals surface area contributed by atoms with Crippen LogP contribution in [0.25, 0.3) is 0 Å². The zero-order chi connectivity index (χ0) is 13.0. The van der Waals surface area contributed by atoms with Gasteiger partial charge in [-0.1, -0.05) is 6.92 Å². The number of hydrogen-bond acceptors (Lipinski definition) is 5. The molecule has 1 fully saturated rings. The van der Waals surface area contributed by atoms with Crippen molar-refractivity contribution in [3.63, 3.8) is 0 Å². The van der Waals surface area contributed by atoms with E-state index in [4.69, 9.17) is 10.5 Å². The highest BCUT2D eigenvalue weighted by Crippen LogP contribution is 2.23.